The number of carbonyl (C=O) groups is 2. The number of carbonyl (C=O) groups excluding carboxylic acids is 2. The zero-order valence-electron chi connectivity index (χ0n) is 15.9. The van der Waals surface area contributed by atoms with Crippen molar-refractivity contribution in [2.24, 2.45) is 0 Å². The summed E-state index contributed by atoms with van der Waals surface area (Å²) in [5, 5.41) is 2.70. The molecular weight excluding hydrogens is 346 g/mol. The summed E-state index contributed by atoms with van der Waals surface area (Å²) in [4.78, 5) is 24.2. The molecule has 1 amide bonds. The second kappa shape index (κ2) is 10.3. The molecule has 0 bridgehead atoms. The molecule has 2 aromatic carbocycles. The largest absolute Gasteiger partial charge is 0.496 e. The van der Waals surface area contributed by atoms with Crippen LogP contribution in [0.15, 0.2) is 42.5 Å². The van der Waals surface area contributed by atoms with E-state index in [0.717, 1.165) is 12.0 Å². The molecule has 0 saturated heterocycles. The molecule has 0 fully saturated rings. The first-order chi connectivity index (χ1) is 13.1. The molecule has 0 spiro atoms. The SMILES string of the molecule is CCOCc1cc(C(=O)OCC(=O)Nc2ccc(CC)cc2)ccc1OC. The van der Waals surface area contributed by atoms with Crippen LogP contribution in [0.5, 0.6) is 5.75 Å². The average molecular weight is 371 g/mol. The van der Waals surface area contributed by atoms with Crippen LogP contribution in [-0.4, -0.2) is 32.2 Å². The third-order valence-electron chi connectivity index (χ3n) is 3.96. The van der Waals surface area contributed by atoms with Gasteiger partial charge in [-0.25, -0.2) is 4.79 Å². The Hall–Kier alpha value is -2.86. The average Bonchev–Trinajstić information content (AvgIpc) is 2.70. The van der Waals surface area contributed by atoms with Crippen LogP contribution >= 0.6 is 0 Å². The zero-order valence-corrected chi connectivity index (χ0v) is 15.9. The van der Waals surface area contributed by atoms with Crippen LogP contribution in [0.3, 0.4) is 0 Å². The minimum Gasteiger partial charge on any atom is -0.496 e. The fourth-order valence-corrected chi connectivity index (χ4v) is 2.47. The van der Waals surface area contributed by atoms with E-state index in [0.29, 0.717) is 30.2 Å². The van der Waals surface area contributed by atoms with E-state index in [4.69, 9.17) is 14.2 Å². The molecule has 0 aromatic heterocycles. The summed E-state index contributed by atoms with van der Waals surface area (Å²) in [6.07, 6.45) is 0.930. The molecule has 0 unspecified atom stereocenters. The highest BCUT2D eigenvalue weighted by Gasteiger charge is 2.13. The van der Waals surface area contributed by atoms with Crippen molar-refractivity contribution in [3.05, 3.63) is 59.2 Å². The van der Waals surface area contributed by atoms with E-state index >= 15 is 0 Å². The zero-order chi connectivity index (χ0) is 19.6. The van der Waals surface area contributed by atoms with Gasteiger partial charge in [-0.15, -0.1) is 0 Å². The first kappa shape index (κ1) is 20.5. The van der Waals surface area contributed by atoms with Crippen molar-refractivity contribution in [3.63, 3.8) is 0 Å². The third kappa shape index (κ3) is 6.11. The fraction of sp³-hybridized carbons (Fsp3) is 0.333. The summed E-state index contributed by atoms with van der Waals surface area (Å²) in [6.45, 7) is 4.47. The molecule has 0 aliphatic carbocycles. The van der Waals surface area contributed by atoms with Gasteiger partial charge >= 0.3 is 5.97 Å². The van der Waals surface area contributed by atoms with Crippen LogP contribution in [-0.2, 0) is 27.3 Å². The minimum absolute atomic E-state index is 0.328. The van der Waals surface area contributed by atoms with Crippen molar-refractivity contribution in [3.8, 4) is 5.75 Å². The third-order valence-corrected chi connectivity index (χ3v) is 3.96. The predicted molar refractivity (Wildman–Crippen MR) is 103 cm³/mol. The van der Waals surface area contributed by atoms with Crippen LogP contribution in [0.25, 0.3) is 0 Å². The molecule has 1 N–H and O–H groups in total. The van der Waals surface area contributed by atoms with Gasteiger partial charge in [0.25, 0.3) is 5.91 Å². The molecule has 0 aliphatic rings. The van der Waals surface area contributed by atoms with Crippen LogP contribution in [0.2, 0.25) is 0 Å². The van der Waals surface area contributed by atoms with Crippen LogP contribution < -0.4 is 10.1 Å². The lowest BCUT2D eigenvalue weighted by atomic mass is 10.1. The van der Waals surface area contributed by atoms with Gasteiger partial charge in [0.1, 0.15) is 5.75 Å². The monoisotopic (exact) mass is 371 g/mol. The maximum atomic E-state index is 12.2. The lowest BCUT2D eigenvalue weighted by Crippen LogP contribution is -2.21. The molecular formula is C21H25NO5. The number of hydrogen-bond acceptors (Lipinski definition) is 5. The van der Waals surface area contributed by atoms with Gasteiger partial charge in [0, 0.05) is 17.9 Å². The summed E-state index contributed by atoms with van der Waals surface area (Å²) >= 11 is 0. The van der Waals surface area contributed by atoms with Gasteiger partial charge in [0.2, 0.25) is 0 Å². The Balaban J connectivity index is 1.92. The first-order valence-electron chi connectivity index (χ1n) is 8.88. The lowest BCUT2D eigenvalue weighted by molar-refractivity contribution is -0.119. The van der Waals surface area contributed by atoms with E-state index in [2.05, 4.69) is 12.2 Å². The van der Waals surface area contributed by atoms with Gasteiger partial charge < -0.3 is 19.5 Å². The van der Waals surface area contributed by atoms with Crippen molar-refractivity contribution in [2.45, 2.75) is 26.9 Å². The number of rotatable bonds is 9. The Morgan fingerprint density at radius 1 is 1.04 bits per heavy atom. The van der Waals surface area contributed by atoms with Gasteiger partial charge in [0.05, 0.1) is 19.3 Å². The maximum Gasteiger partial charge on any atom is 0.338 e. The van der Waals surface area contributed by atoms with Crippen molar-refractivity contribution in [2.75, 3.05) is 25.6 Å². The lowest BCUT2D eigenvalue weighted by Gasteiger charge is -2.11. The van der Waals surface area contributed by atoms with Crippen molar-refractivity contribution < 1.29 is 23.8 Å². The molecule has 0 heterocycles. The highest BCUT2D eigenvalue weighted by Crippen LogP contribution is 2.21. The summed E-state index contributed by atoms with van der Waals surface area (Å²) in [7, 11) is 1.56. The first-order valence-corrected chi connectivity index (χ1v) is 8.88. The second-order valence-electron chi connectivity index (χ2n) is 5.84. The van der Waals surface area contributed by atoms with Crippen LogP contribution in [0.4, 0.5) is 5.69 Å². The maximum absolute atomic E-state index is 12.2. The highest BCUT2D eigenvalue weighted by molar-refractivity contribution is 5.95. The van der Waals surface area contributed by atoms with E-state index < -0.39 is 11.9 Å². The van der Waals surface area contributed by atoms with Crippen LogP contribution in [0, 0.1) is 0 Å². The van der Waals surface area contributed by atoms with E-state index in [1.807, 2.05) is 31.2 Å². The van der Waals surface area contributed by atoms with Gasteiger partial charge in [0.15, 0.2) is 6.61 Å². The second-order valence-corrected chi connectivity index (χ2v) is 5.84. The number of aryl methyl sites for hydroxylation is 1. The molecule has 2 aromatic rings. The molecule has 0 saturated carbocycles. The summed E-state index contributed by atoms with van der Waals surface area (Å²) in [6, 6.07) is 12.5. The van der Waals surface area contributed by atoms with E-state index in [-0.39, 0.29) is 6.61 Å². The molecule has 6 heteroatoms. The number of esters is 1. The molecule has 0 aliphatic heterocycles. The van der Waals surface area contributed by atoms with Crippen molar-refractivity contribution >= 4 is 17.6 Å². The number of ether oxygens (including phenoxy) is 3. The molecule has 27 heavy (non-hydrogen) atoms. The Bertz CT molecular complexity index is 771. The quantitative estimate of drug-likeness (QED) is 0.682. The molecule has 0 radical (unpaired) electrons. The Kier molecular flexibility index (Phi) is 7.82. The van der Waals surface area contributed by atoms with Gasteiger partial charge in [-0.3, -0.25) is 4.79 Å². The Morgan fingerprint density at radius 3 is 2.41 bits per heavy atom. The normalized spacial score (nSPS) is 10.3. The fourth-order valence-electron chi connectivity index (χ4n) is 2.47. The molecule has 0 atom stereocenters. The number of hydrogen-bond donors (Lipinski definition) is 1. The standard InChI is InChI=1S/C21H25NO5/c1-4-15-6-9-18(10-7-15)22-20(23)14-27-21(24)16-8-11-19(25-3)17(12-16)13-26-5-2/h6-12H,4-5,13-14H2,1-3H3,(H,22,23). The Labute approximate surface area is 159 Å². The highest BCUT2D eigenvalue weighted by atomic mass is 16.5. The molecule has 144 valence electrons. The summed E-state index contributed by atoms with van der Waals surface area (Å²) in [5.41, 5.74) is 2.93. The number of anilines is 1. The summed E-state index contributed by atoms with van der Waals surface area (Å²) < 4.78 is 15.8. The predicted octanol–water partition coefficient (Wildman–Crippen LogP) is 3.59. The van der Waals surface area contributed by atoms with E-state index in [1.54, 1.807) is 25.3 Å². The number of amides is 1. The summed E-state index contributed by atoms with van der Waals surface area (Å²) in [5.74, 6) is -0.337. The van der Waals surface area contributed by atoms with Crippen molar-refractivity contribution in [1.82, 2.24) is 0 Å². The van der Waals surface area contributed by atoms with Crippen LogP contribution in [0.1, 0.15) is 35.3 Å². The molecule has 2 rings (SSSR count). The van der Waals surface area contributed by atoms with Gasteiger partial charge in [-0.2, -0.15) is 0 Å². The van der Waals surface area contributed by atoms with E-state index in [9.17, 15) is 9.59 Å². The number of benzene rings is 2. The van der Waals surface area contributed by atoms with Crippen molar-refractivity contribution in [1.29, 1.82) is 0 Å². The smallest absolute Gasteiger partial charge is 0.338 e. The Morgan fingerprint density at radius 2 is 1.78 bits per heavy atom. The minimum atomic E-state index is -0.577. The van der Waals surface area contributed by atoms with E-state index in [1.165, 1.54) is 5.56 Å². The van der Waals surface area contributed by atoms with Gasteiger partial charge in [-0.1, -0.05) is 19.1 Å². The molecule has 6 nitrogen and oxygen atoms in total. The van der Waals surface area contributed by atoms with Gasteiger partial charge in [-0.05, 0) is 49.2 Å². The topological polar surface area (TPSA) is 73.9 Å². The number of nitrogens with one attached hydrogen (secondary N) is 1. The number of methoxy groups -OCH3 is 1.